The largest absolute Gasteiger partial charge is 0.497 e. The average Bonchev–Trinajstić information content (AvgIpc) is 2.72. The van der Waals surface area contributed by atoms with Crippen molar-refractivity contribution in [1.82, 2.24) is 4.90 Å². The Morgan fingerprint density at radius 3 is 2.50 bits per heavy atom. The van der Waals surface area contributed by atoms with Crippen molar-refractivity contribution < 1.29 is 14.3 Å². The van der Waals surface area contributed by atoms with Crippen LogP contribution in [-0.4, -0.2) is 36.8 Å². The lowest BCUT2D eigenvalue weighted by molar-refractivity contribution is -0.132. The summed E-state index contributed by atoms with van der Waals surface area (Å²) in [4.78, 5) is 27.2. The van der Waals surface area contributed by atoms with Crippen molar-refractivity contribution in [1.29, 1.82) is 0 Å². The fourth-order valence-corrected chi connectivity index (χ4v) is 3.46. The summed E-state index contributed by atoms with van der Waals surface area (Å²) in [7, 11) is 1.61. The van der Waals surface area contributed by atoms with Crippen LogP contribution < -0.4 is 4.74 Å². The van der Waals surface area contributed by atoms with Gasteiger partial charge in [0.25, 0.3) is 0 Å². The molecule has 136 valence electrons. The summed E-state index contributed by atoms with van der Waals surface area (Å²) in [6.07, 6.45) is 2.96. The van der Waals surface area contributed by atoms with Crippen LogP contribution in [0.1, 0.15) is 35.2 Å². The fourth-order valence-electron chi connectivity index (χ4n) is 3.46. The highest BCUT2D eigenvalue weighted by Crippen LogP contribution is 2.23. The summed E-state index contributed by atoms with van der Waals surface area (Å²) in [5, 5.41) is 0. The number of nitrogens with zero attached hydrogens (tertiary/aromatic N) is 1. The van der Waals surface area contributed by atoms with Crippen LogP contribution in [0.5, 0.6) is 5.75 Å². The van der Waals surface area contributed by atoms with Gasteiger partial charge < -0.3 is 9.64 Å². The zero-order valence-electron chi connectivity index (χ0n) is 15.2. The molecule has 0 saturated carbocycles. The van der Waals surface area contributed by atoms with E-state index in [4.69, 9.17) is 4.74 Å². The van der Waals surface area contributed by atoms with Gasteiger partial charge in [-0.1, -0.05) is 30.3 Å². The first-order valence-electron chi connectivity index (χ1n) is 9.17. The molecule has 0 N–H and O–H groups in total. The number of aryl methyl sites for hydroxylation is 1. The minimum Gasteiger partial charge on any atom is -0.497 e. The number of hydrogen-bond donors (Lipinski definition) is 0. The van der Waals surface area contributed by atoms with Crippen molar-refractivity contribution in [3.8, 4) is 5.75 Å². The van der Waals surface area contributed by atoms with E-state index in [9.17, 15) is 9.59 Å². The lowest BCUT2D eigenvalue weighted by atomic mass is 9.89. The van der Waals surface area contributed by atoms with Gasteiger partial charge in [0, 0.05) is 31.0 Å². The SMILES string of the molecule is COc1ccc(C(=O)C2CCCN(C(=O)CCc3ccccc3)C2)cc1. The van der Waals surface area contributed by atoms with Crippen LogP contribution in [-0.2, 0) is 11.2 Å². The molecular formula is C22H25NO3. The number of Topliss-reactive ketones (excluding diaryl/α,β-unsaturated/α-hetero) is 1. The van der Waals surface area contributed by atoms with Crippen LogP contribution in [0, 0.1) is 5.92 Å². The van der Waals surface area contributed by atoms with Gasteiger partial charge in [-0.25, -0.2) is 0 Å². The smallest absolute Gasteiger partial charge is 0.222 e. The zero-order valence-corrected chi connectivity index (χ0v) is 15.2. The molecule has 0 radical (unpaired) electrons. The molecule has 1 saturated heterocycles. The van der Waals surface area contributed by atoms with Crippen LogP contribution in [0.15, 0.2) is 54.6 Å². The number of methoxy groups -OCH3 is 1. The van der Waals surface area contributed by atoms with Crippen molar-refractivity contribution in [3.63, 3.8) is 0 Å². The second-order valence-electron chi connectivity index (χ2n) is 6.76. The molecule has 3 rings (SSSR count). The Morgan fingerprint density at radius 1 is 1.08 bits per heavy atom. The van der Waals surface area contributed by atoms with Gasteiger partial charge >= 0.3 is 0 Å². The Hall–Kier alpha value is -2.62. The Bertz CT molecular complexity index is 740. The fraction of sp³-hybridized carbons (Fsp3) is 0.364. The molecule has 1 aliphatic heterocycles. The van der Waals surface area contributed by atoms with Crippen LogP contribution >= 0.6 is 0 Å². The number of ketones is 1. The molecule has 0 aromatic heterocycles. The maximum Gasteiger partial charge on any atom is 0.222 e. The van der Waals surface area contributed by atoms with E-state index in [1.165, 1.54) is 5.56 Å². The number of hydrogen-bond acceptors (Lipinski definition) is 3. The summed E-state index contributed by atoms with van der Waals surface area (Å²) in [6, 6.07) is 17.3. The first kappa shape index (κ1) is 18.2. The molecule has 1 atom stereocenters. The van der Waals surface area contributed by atoms with Crippen molar-refractivity contribution in [3.05, 3.63) is 65.7 Å². The third kappa shape index (κ3) is 4.51. The molecule has 4 nitrogen and oxygen atoms in total. The second kappa shape index (κ2) is 8.65. The monoisotopic (exact) mass is 351 g/mol. The molecule has 1 aliphatic rings. The van der Waals surface area contributed by atoms with E-state index < -0.39 is 0 Å². The quantitative estimate of drug-likeness (QED) is 0.745. The van der Waals surface area contributed by atoms with Gasteiger partial charge in [-0.05, 0) is 49.1 Å². The van der Waals surface area contributed by atoms with Gasteiger partial charge in [0.2, 0.25) is 5.91 Å². The number of rotatable bonds is 6. The molecule has 1 amide bonds. The highest BCUT2D eigenvalue weighted by molar-refractivity contribution is 5.98. The van der Waals surface area contributed by atoms with Gasteiger partial charge in [-0.15, -0.1) is 0 Å². The maximum absolute atomic E-state index is 12.8. The molecule has 1 fully saturated rings. The molecule has 1 unspecified atom stereocenters. The molecular weight excluding hydrogens is 326 g/mol. The molecule has 1 heterocycles. The first-order valence-corrected chi connectivity index (χ1v) is 9.17. The molecule has 2 aromatic carbocycles. The van der Waals surface area contributed by atoms with Crippen LogP contribution in [0.25, 0.3) is 0 Å². The highest BCUT2D eigenvalue weighted by Gasteiger charge is 2.28. The minimum absolute atomic E-state index is 0.113. The average molecular weight is 351 g/mol. The standard InChI is InChI=1S/C22H25NO3/c1-26-20-12-10-18(11-13-20)22(25)19-8-5-15-23(16-19)21(24)14-9-17-6-3-2-4-7-17/h2-4,6-7,10-13,19H,5,8-9,14-16H2,1H3. The van der Waals surface area contributed by atoms with Gasteiger partial charge in [0.05, 0.1) is 7.11 Å². The molecule has 4 heteroatoms. The van der Waals surface area contributed by atoms with E-state index in [-0.39, 0.29) is 17.6 Å². The number of amides is 1. The van der Waals surface area contributed by atoms with E-state index in [1.54, 1.807) is 31.4 Å². The Morgan fingerprint density at radius 2 is 1.81 bits per heavy atom. The van der Waals surface area contributed by atoms with Crippen LogP contribution in [0.4, 0.5) is 0 Å². The number of carbonyl (C=O) groups is 2. The van der Waals surface area contributed by atoms with E-state index in [0.29, 0.717) is 18.5 Å². The van der Waals surface area contributed by atoms with Crippen LogP contribution in [0.2, 0.25) is 0 Å². The third-order valence-electron chi connectivity index (χ3n) is 4.99. The number of benzene rings is 2. The van der Waals surface area contributed by atoms with Crippen LogP contribution in [0.3, 0.4) is 0 Å². The zero-order chi connectivity index (χ0) is 18.4. The number of carbonyl (C=O) groups excluding carboxylic acids is 2. The molecule has 0 aliphatic carbocycles. The Kier molecular flexibility index (Phi) is 6.05. The summed E-state index contributed by atoms with van der Waals surface area (Å²) in [5.74, 6) is 0.884. The minimum atomic E-state index is -0.113. The maximum atomic E-state index is 12.8. The van der Waals surface area contributed by atoms with E-state index >= 15 is 0 Å². The van der Waals surface area contributed by atoms with Gasteiger partial charge in [-0.2, -0.15) is 0 Å². The normalized spacial score (nSPS) is 17.0. The Balaban J connectivity index is 1.57. The van der Waals surface area contributed by atoms with Crippen molar-refractivity contribution in [2.45, 2.75) is 25.7 Å². The predicted octanol–water partition coefficient (Wildman–Crippen LogP) is 3.75. The van der Waals surface area contributed by atoms with Crippen molar-refractivity contribution in [2.24, 2.45) is 5.92 Å². The number of likely N-dealkylation sites (tertiary alicyclic amines) is 1. The Labute approximate surface area is 154 Å². The summed E-state index contributed by atoms with van der Waals surface area (Å²) in [6.45, 7) is 1.28. The third-order valence-corrected chi connectivity index (χ3v) is 4.99. The number of ether oxygens (including phenoxy) is 1. The van der Waals surface area contributed by atoms with Gasteiger partial charge in [0.1, 0.15) is 5.75 Å². The van der Waals surface area contributed by atoms with E-state index in [1.807, 2.05) is 35.2 Å². The highest BCUT2D eigenvalue weighted by atomic mass is 16.5. The lowest BCUT2D eigenvalue weighted by Crippen LogP contribution is -2.42. The lowest BCUT2D eigenvalue weighted by Gasteiger charge is -2.32. The molecule has 2 aromatic rings. The van der Waals surface area contributed by atoms with Crippen molar-refractivity contribution in [2.75, 3.05) is 20.2 Å². The molecule has 26 heavy (non-hydrogen) atoms. The molecule has 0 bridgehead atoms. The molecule has 0 spiro atoms. The van der Waals surface area contributed by atoms with E-state index in [2.05, 4.69) is 0 Å². The first-order chi connectivity index (χ1) is 12.7. The van der Waals surface area contributed by atoms with Gasteiger partial charge in [0.15, 0.2) is 5.78 Å². The predicted molar refractivity (Wildman–Crippen MR) is 101 cm³/mol. The topological polar surface area (TPSA) is 46.6 Å². The summed E-state index contributed by atoms with van der Waals surface area (Å²) >= 11 is 0. The number of piperidine rings is 1. The van der Waals surface area contributed by atoms with Gasteiger partial charge in [-0.3, -0.25) is 9.59 Å². The summed E-state index contributed by atoms with van der Waals surface area (Å²) in [5.41, 5.74) is 1.86. The summed E-state index contributed by atoms with van der Waals surface area (Å²) < 4.78 is 5.14. The van der Waals surface area contributed by atoms with E-state index in [0.717, 1.165) is 31.6 Å². The second-order valence-corrected chi connectivity index (χ2v) is 6.76. The van der Waals surface area contributed by atoms with Crippen molar-refractivity contribution >= 4 is 11.7 Å².